The van der Waals surface area contributed by atoms with Gasteiger partial charge in [0.2, 0.25) is 41.2 Å². The smallest absolute Gasteiger partial charge is 0.250 e. The Morgan fingerprint density at radius 1 is 0.741 bits per heavy atom. The number of rotatable bonds is 10. The Labute approximate surface area is 473 Å². The van der Waals surface area contributed by atoms with E-state index < -0.39 is 126 Å². The van der Waals surface area contributed by atoms with Crippen LogP contribution in [0.3, 0.4) is 0 Å². The van der Waals surface area contributed by atoms with E-state index in [1.807, 2.05) is 13.8 Å². The first-order valence-electron chi connectivity index (χ1n) is 25.2. The van der Waals surface area contributed by atoms with Gasteiger partial charge in [0.1, 0.15) is 71.0 Å². The highest BCUT2D eigenvalue weighted by atomic mass is 35.5. The number of phenolic OH excluding ortho intramolecular Hbond substituents is 2. The van der Waals surface area contributed by atoms with Gasteiger partial charge in [-0.2, -0.15) is 0 Å². The minimum absolute atomic E-state index is 0.00333. The second kappa shape index (κ2) is 24.5. The number of nitrogens with zero attached hydrogens (tertiary/aromatic N) is 1. The summed E-state index contributed by atoms with van der Waals surface area (Å²) in [5, 5.41) is 74.0. The summed E-state index contributed by atoms with van der Waals surface area (Å²) in [7, 11) is 4.23. The van der Waals surface area contributed by atoms with Gasteiger partial charge in [-0.1, -0.05) is 55.2 Å². The first-order chi connectivity index (χ1) is 38.5. The molecule has 11 bridgehead atoms. The third-order valence-electron chi connectivity index (χ3n) is 13.8. The number of aliphatic hydroxyl groups excluding tert-OH is 3. The lowest BCUT2D eigenvalue weighted by atomic mass is 9.90. The number of benzene rings is 5. The predicted octanol–water partition coefficient (Wildman–Crippen LogP) is 3.15. The van der Waals surface area contributed by atoms with Crippen LogP contribution in [0.25, 0.3) is 11.1 Å². The molecule has 81 heavy (non-hydrogen) atoms. The van der Waals surface area contributed by atoms with E-state index in [2.05, 4.69) is 36.9 Å². The van der Waals surface area contributed by atoms with Gasteiger partial charge >= 0.3 is 0 Å². The van der Waals surface area contributed by atoms with Gasteiger partial charge in [0, 0.05) is 17.2 Å². The molecule has 0 spiro atoms. The Kier molecular flexibility index (Phi) is 17.8. The van der Waals surface area contributed by atoms with Crippen LogP contribution in [0.15, 0.2) is 83.9 Å². The lowest BCUT2D eigenvalue weighted by Gasteiger charge is -2.31. The molecule has 24 nitrogen and oxygen atoms in total. The molecule has 0 saturated carbocycles. The minimum Gasteiger partial charge on any atom is -0.507 e. The van der Waals surface area contributed by atoms with Gasteiger partial charge in [0.05, 0.1) is 49.4 Å². The number of nitrogens with two attached hydrogens (primary N) is 2. The molecule has 10 rings (SSSR count). The van der Waals surface area contributed by atoms with E-state index in [0.29, 0.717) is 6.42 Å². The summed E-state index contributed by atoms with van der Waals surface area (Å²) in [6, 6.07) is 5.36. The molecule has 0 aliphatic carbocycles. The second-order valence-electron chi connectivity index (χ2n) is 19.7. The largest absolute Gasteiger partial charge is 0.507 e. The third-order valence-corrected chi connectivity index (χ3v) is 14.4. The van der Waals surface area contributed by atoms with Crippen LogP contribution in [0, 0.1) is 5.92 Å². The number of aliphatic hydroxyl groups is 3. The molecule has 0 aromatic heterocycles. The van der Waals surface area contributed by atoms with Crippen molar-refractivity contribution in [2.24, 2.45) is 22.4 Å². The number of methoxy groups -OCH3 is 2. The summed E-state index contributed by atoms with van der Waals surface area (Å²) in [5.41, 5.74) is 12.7. The predicted molar refractivity (Wildman–Crippen MR) is 293 cm³/mol. The van der Waals surface area contributed by atoms with Crippen molar-refractivity contribution < 1.29 is 73.2 Å². The number of primary amides is 1. The molecule has 0 radical (unpaired) electrons. The van der Waals surface area contributed by atoms with E-state index in [1.165, 1.54) is 100 Å². The molecule has 0 saturated heterocycles. The topological polar surface area (TPSA) is 377 Å². The van der Waals surface area contributed by atoms with Crippen LogP contribution in [-0.2, 0) is 28.8 Å². The number of carbonyl (C=O) groups is 6. The maximum atomic E-state index is 15.2. The van der Waals surface area contributed by atoms with Crippen molar-refractivity contribution in [2.75, 3.05) is 27.9 Å². The monoisotopic (exact) mass is 1160 g/mol. The Hall–Kier alpha value is -8.39. The first-order valence-corrected chi connectivity index (χ1v) is 26.0. The number of likely N-dealkylation sites (N-methyl/N-ethyl adjacent to an activating group) is 1. The van der Waals surface area contributed by atoms with E-state index in [4.69, 9.17) is 53.6 Å². The minimum atomic E-state index is -1.92. The van der Waals surface area contributed by atoms with E-state index in [1.54, 1.807) is 0 Å². The Morgan fingerprint density at radius 3 is 1.93 bits per heavy atom. The highest BCUT2D eigenvalue weighted by Crippen LogP contribution is 2.48. The number of aromatic hydroxyl groups is 2. The number of fused-ring (bicyclic) bond motifs is 14. The average Bonchev–Trinajstić information content (AvgIpc) is 3.61. The van der Waals surface area contributed by atoms with Crippen molar-refractivity contribution in [1.29, 1.82) is 0 Å². The zero-order chi connectivity index (χ0) is 58.7. The van der Waals surface area contributed by atoms with E-state index in [-0.39, 0.29) is 83.7 Å². The molecule has 9 atom stereocenters. The fraction of sp³-hybridized carbons (Fsp3) is 0.327. The maximum Gasteiger partial charge on any atom is 0.250 e. The van der Waals surface area contributed by atoms with Crippen molar-refractivity contribution in [2.45, 2.75) is 81.2 Å². The zero-order valence-electron chi connectivity index (χ0n) is 44.1. The SMILES string of the molecule is CN[C@H](CC(C)C)C(=O)N[C@H]1C(=O)N[C@@H](CC(N)=O)C(=O)N[C@H]2C(N)=N[C@H]3C(=O)N[C@H](C(=O)N[C@H](CO)c4cc(OC)cc(OC)c4-c4cc3ccc4O)[C@H](O)c3ccc(c(Cl)c3)Oc3cc2cc(c3O)Oc2ccc(cc2Cl)[C@H]1O. The number of hydrogen-bond acceptors (Lipinski definition) is 18. The van der Waals surface area contributed by atoms with Crippen molar-refractivity contribution in [3.8, 4) is 57.1 Å². The Morgan fingerprint density at radius 2 is 1.36 bits per heavy atom. The van der Waals surface area contributed by atoms with Gasteiger partial charge in [-0.15, -0.1) is 0 Å². The molecule has 5 aliphatic heterocycles. The lowest BCUT2D eigenvalue weighted by Crippen LogP contribution is -2.59. The molecule has 5 aromatic rings. The van der Waals surface area contributed by atoms with E-state index in [0.717, 1.165) is 0 Å². The number of aliphatic imine (C=N–C) groups is 1. The van der Waals surface area contributed by atoms with E-state index >= 15 is 4.79 Å². The molecule has 26 heteroatoms. The number of amides is 6. The standard InChI is InChI=1S/C55H59Cl2N9O15/c1-22(2)12-32(60-3)51(73)65-45-47(70)24-7-10-36(30(56)14-24)80-39-16-26-17-40(49(39)72)81-37-11-8-25(15-31(37)57)48(71)46-55(77)62-34(21-67)28-18-27(78-4)19-38(79-5)42(28)29-13-23(6-9-35(29)68)44(53(75)66-46)63-50(59)43(26)64-52(74)33(20-41(58)69)61-54(45)76/h6-11,13-19,22,32-34,43-48,60,67-68,70-72H,12,20-21H2,1-5H3,(H2,58,69)(H2,59,63)(H,61,76)(H,62,77)(H,64,74)(H,65,73)(H,66,75)/t32-,33+,34-,43-,44-,45-,46+,47-,48-/m1/s1. The van der Waals surface area contributed by atoms with Gasteiger partial charge < -0.3 is 87.8 Å². The second-order valence-corrected chi connectivity index (χ2v) is 20.5. The number of phenols is 2. The normalized spacial score (nSPS) is 22.3. The van der Waals surface area contributed by atoms with Crippen LogP contribution >= 0.6 is 23.2 Å². The summed E-state index contributed by atoms with van der Waals surface area (Å²) in [6.45, 7) is 2.97. The van der Waals surface area contributed by atoms with Gasteiger partial charge in [0.15, 0.2) is 17.5 Å². The molecule has 428 valence electrons. The summed E-state index contributed by atoms with van der Waals surface area (Å²) >= 11 is 13.7. The highest BCUT2D eigenvalue weighted by molar-refractivity contribution is 6.32. The fourth-order valence-corrected chi connectivity index (χ4v) is 10.1. The lowest BCUT2D eigenvalue weighted by molar-refractivity contribution is -0.136. The molecule has 6 amide bonds. The Balaban J connectivity index is 1.39. The van der Waals surface area contributed by atoms with Crippen LogP contribution < -0.4 is 62.3 Å². The molecular formula is C55H59Cl2N9O15. The number of carbonyl (C=O) groups excluding carboxylic acids is 6. The molecule has 5 heterocycles. The molecular weight excluding hydrogens is 1100 g/mol. The van der Waals surface area contributed by atoms with Gasteiger partial charge in [0.25, 0.3) is 0 Å². The summed E-state index contributed by atoms with van der Waals surface area (Å²) in [4.78, 5) is 90.6. The van der Waals surface area contributed by atoms with E-state index in [9.17, 15) is 49.5 Å². The maximum absolute atomic E-state index is 15.2. The summed E-state index contributed by atoms with van der Waals surface area (Å²) in [5.74, 6) is -8.89. The molecule has 15 N–H and O–H groups in total. The number of nitrogens with one attached hydrogen (secondary N) is 6. The van der Waals surface area contributed by atoms with Crippen LogP contribution in [0.5, 0.6) is 46.0 Å². The average molecular weight is 1160 g/mol. The van der Waals surface area contributed by atoms with Gasteiger partial charge in [-0.05, 0) is 102 Å². The summed E-state index contributed by atoms with van der Waals surface area (Å²) in [6.07, 6.45) is -4.39. The summed E-state index contributed by atoms with van der Waals surface area (Å²) < 4.78 is 23.8. The molecule has 0 fully saturated rings. The molecule has 0 unspecified atom stereocenters. The molecule has 5 aromatic carbocycles. The number of hydrogen-bond donors (Lipinski definition) is 13. The van der Waals surface area contributed by atoms with Crippen LogP contribution in [0.1, 0.15) is 84.8 Å². The zero-order valence-corrected chi connectivity index (χ0v) is 45.6. The van der Waals surface area contributed by atoms with Crippen molar-refractivity contribution in [3.05, 3.63) is 117 Å². The highest BCUT2D eigenvalue weighted by Gasteiger charge is 2.40. The van der Waals surface area contributed by atoms with Gasteiger partial charge in [-0.3, -0.25) is 33.8 Å². The number of amidine groups is 1. The van der Waals surface area contributed by atoms with Crippen LogP contribution in [0.4, 0.5) is 0 Å². The van der Waals surface area contributed by atoms with Crippen molar-refractivity contribution in [1.82, 2.24) is 31.9 Å². The van der Waals surface area contributed by atoms with Crippen molar-refractivity contribution >= 4 is 64.5 Å². The quantitative estimate of drug-likeness (QED) is 0.0955. The number of ether oxygens (including phenoxy) is 4. The Bertz CT molecular complexity index is 3350. The first kappa shape index (κ1) is 58.8. The van der Waals surface area contributed by atoms with Crippen molar-refractivity contribution in [3.63, 3.8) is 0 Å². The van der Waals surface area contributed by atoms with Crippen LogP contribution in [-0.4, -0.2) is 119 Å². The molecule has 5 aliphatic rings. The van der Waals surface area contributed by atoms with Crippen LogP contribution in [0.2, 0.25) is 10.0 Å². The number of halogens is 2. The van der Waals surface area contributed by atoms with Gasteiger partial charge in [-0.25, -0.2) is 0 Å². The third kappa shape index (κ3) is 12.5. The fourth-order valence-electron chi connectivity index (χ4n) is 9.61.